The summed E-state index contributed by atoms with van der Waals surface area (Å²) < 4.78 is 10.3. The minimum absolute atomic E-state index is 0.257. The highest BCUT2D eigenvalue weighted by molar-refractivity contribution is 6.76. The van der Waals surface area contributed by atoms with Gasteiger partial charge in [-0.05, 0) is 19.6 Å². The molecule has 0 aromatic rings. The third-order valence-corrected chi connectivity index (χ3v) is 5.09. The Hall–Kier alpha value is 0.491. The Balaban J connectivity index is 3.98. The monoisotopic (exact) mass is 266 g/mol. The lowest BCUT2D eigenvalue weighted by Crippen LogP contribution is -2.70. The molecule has 0 heterocycles. The van der Waals surface area contributed by atoms with E-state index in [1.807, 2.05) is 19.6 Å². The Morgan fingerprint density at radius 1 is 0.800 bits per heavy atom. The van der Waals surface area contributed by atoms with Crippen LogP contribution in [0.25, 0.3) is 0 Å². The van der Waals surface area contributed by atoms with Crippen molar-refractivity contribution in [3.63, 3.8) is 0 Å². The number of hydrogen-bond acceptors (Lipinski definition) is 4. The van der Waals surface area contributed by atoms with E-state index >= 15 is 0 Å². The predicted molar refractivity (Wildman–Crippen MR) is 64.4 cm³/mol. The van der Waals surface area contributed by atoms with E-state index in [2.05, 4.69) is 19.6 Å². The van der Waals surface area contributed by atoms with Crippen molar-refractivity contribution in [1.29, 1.82) is 0 Å². The molecule has 0 amide bonds. The first-order valence-corrected chi connectivity index (χ1v) is 14.1. The van der Waals surface area contributed by atoms with Crippen LogP contribution < -0.4 is 9.59 Å². The van der Waals surface area contributed by atoms with Gasteiger partial charge in [0.1, 0.15) is 0 Å². The summed E-state index contributed by atoms with van der Waals surface area (Å²) in [4.78, 5) is 23.0. The van der Waals surface area contributed by atoms with Gasteiger partial charge in [0.2, 0.25) is 0 Å². The lowest BCUT2D eigenvalue weighted by molar-refractivity contribution is -0.408. The molecule has 0 unspecified atom stereocenters. The smallest absolute Gasteiger partial charge is 0.183 e. The summed E-state index contributed by atoms with van der Waals surface area (Å²) in [7, 11) is -7.33. The fourth-order valence-corrected chi connectivity index (χ4v) is 5.81. The van der Waals surface area contributed by atoms with Crippen molar-refractivity contribution in [2.24, 2.45) is 0 Å². The zero-order chi connectivity index (χ0) is 12.3. The largest absolute Gasteiger partial charge is 0.848 e. The van der Waals surface area contributed by atoms with E-state index in [4.69, 9.17) is 8.85 Å². The van der Waals surface area contributed by atoms with Crippen LogP contribution in [0.1, 0.15) is 0 Å². The maximum absolute atomic E-state index is 11.5. The van der Waals surface area contributed by atoms with Gasteiger partial charge in [-0.25, -0.2) is 0 Å². The molecule has 0 saturated carbocycles. The average Bonchev–Trinajstić information content (AvgIpc) is 1.96. The van der Waals surface area contributed by atoms with Crippen LogP contribution in [0.15, 0.2) is 0 Å². The van der Waals surface area contributed by atoms with Crippen LogP contribution in [0.5, 0.6) is 0 Å². The van der Waals surface area contributed by atoms with Gasteiger partial charge in [-0.2, -0.15) is 0 Å². The number of hydrogen-bond donors (Lipinski definition) is 0. The van der Waals surface area contributed by atoms with Crippen LogP contribution >= 0.6 is 0 Å². The minimum Gasteiger partial charge on any atom is -0.848 e. The van der Waals surface area contributed by atoms with E-state index in [-0.39, 0.29) is 6.23 Å². The predicted octanol–water partition coefficient (Wildman–Crippen LogP) is -0.0694. The van der Waals surface area contributed by atoms with E-state index in [1.54, 1.807) is 0 Å². The van der Waals surface area contributed by atoms with Gasteiger partial charge in [-0.1, -0.05) is 19.6 Å². The zero-order valence-electron chi connectivity index (χ0n) is 10.5. The lowest BCUT2D eigenvalue weighted by atomic mass is 11.7. The first kappa shape index (κ1) is 15.5. The van der Waals surface area contributed by atoms with Gasteiger partial charge >= 0.3 is 0 Å². The molecular formula is C8H22O4Si3-2. The van der Waals surface area contributed by atoms with E-state index < -0.39 is 25.2 Å². The maximum Gasteiger partial charge on any atom is 0.183 e. The summed E-state index contributed by atoms with van der Waals surface area (Å²) >= 11 is 0. The molecule has 0 N–H and O–H groups in total. The summed E-state index contributed by atoms with van der Waals surface area (Å²) in [6.07, 6.45) is 0.0917. The molecule has 15 heavy (non-hydrogen) atoms. The molecule has 0 aliphatic heterocycles. The molecule has 4 nitrogen and oxygen atoms in total. The SMILES string of the molecule is C[Si](C)(C)CO[Si]([O-])([O-])CO[Si](C)(C)C. The number of rotatable bonds is 6. The molecule has 0 aliphatic rings. The van der Waals surface area contributed by atoms with Crippen molar-refractivity contribution in [3.8, 4) is 0 Å². The van der Waals surface area contributed by atoms with Gasteiger partial charge < -0.3 is 18.4 Å². The molecule has 0 bridgehead atoms. The summed E-state index contributed by atoms with van der Waals surface area (Å²) in [6, 6.07) is 0. The summed E-state index contributed by atoms with van der Waals surface area (Å²) in [5.74, 6) is 0. The highest BCUT2D eigenvalue weighted by atomic mass is 28.4. The van der Waals surface area contributed by atoms with E-state index in [1.165, 1.54) is 0 Å². The highest BCUT2D eigenvalue weighted by Crippen LogP contribution is 2.06. The molecular weight excluding hydrogens is 244 g/mol. The van der Waals surface area contributed by atoms with Crippen LogP contribution in [-0.2, 0) is 8.85 Å². The van der Waals surface area contributed by atoms with Gasteiger partial charge in [0.05, 0.1) is 8.07 Å². The van der Waals surface area contributed by atoms with E-state index in [9.17, 15) is 9.59 Å². The summed E-state index contributed by atoms with van der Waals surface area (Å²) in [5, 5.41) is 0. The van der Waals surface area contributed by atoms with E-state index in [0.717, 1.165) is 0 Å². The molecule has 0 radical (unpaired) electrons. The van der Waals surface area contributed by atoms with Crippen LogP contribution in [0.3, 0.4) is 0 Å². The topological polar surface area (TPSA) is 64.6 Å². The molecule has 7 heteroatoms. The standard InChI is InChI=1S/C8H22O4Si3/c1-13(2,3)7-12-15(9,10)8-11-14(4,5)6/h7-8H2,1-6H3/q-2. The van der Waals surface area contributed by atoms with Crippen molar-refractivity contribution in [2.45, 2.75) is 39.3 Å². The van der Waals surface area contributed by atoms with E-state index in [0.29, 0.717) is 6.23 Å². The molecule has 92 valence electrons. The molecule has 0 aromatic carbocycles. The van der Waals surface area contributed by atoms with Gasteiger partial charge in [0.25, 0.3) is 0 Å². The Kier molecular flexibility index (Phi) is 5.38. The van der Waals surface area contributed by atoms with Crippen molar-refractivity contribution >= 4 is 25.2 Å². The second kappa shape index (κ2) is 5.21. The Morgan fingerprint density at radius 3 is 1.60 bits per heavy atom. The molecule has 0 spiro atoms. The van der Waals surface area contributed by atoms with Crippen molar-refractivity contribution in [1.82, 2.24) is 0 Å². The second-order valence-electron chi connectivity index (χ2n) is 5.93. The quantitative estimate of drug-likeness (QED) is 0.631. The molecule has 0 saturated heterocycles. The average molecular weight is 267 g/mol. The van der Waals surface area contributed by atoms with Gasteiger partial charge in [0.15, 0.2) is 8.32 Å². The third kappa shape index (κ3) is 10.8. The molecule has 0 aromatic heterocycles. The van der Waals surface area contributed by atoms with Gasteiger partial charge in [0, 0.05) is 21.3 Å². The third-order valence-electron chi connectivity index (χ3n) is 1.41. The fraction of sp³-hybridized carbons (Fsp3) is 1.00. The van der Waals surface area contributed by atoms with Gasteiger partial charge in [-0.15, -0.1) is 0 Å². The lowest BCUT2D eigenvalue weighted by Gasteiger charge is -2.47. The maximum atomic E-state index is 11.5. The zero-order valence-corrected chi connectivity index (χ0v) is 13.5. The summed E-state index contributed by atoms with van der Waals surface area (Å²) in [5.41, 5.74) is 0. The normalized spacial score (nSPS) is 14.4. The first-order chi connectivity index (χ1) is 6.41. The molecule has 0 rings (SSSR count). The molecule has 0 fully saturated rings. The summed E-state index contributed by atoms with van der Waals surface area (Å²) in [6.45, 7) is 12.1. The Morgan fingerprint density at radius 2 is 1.27 bits per heavy atom. The Bertz CT molecular complexity index is 175. The minimum atomic E-state index is -4.08. The Labute approximate surface area is 95.7 Å². The second-order valence-corrected chi connectivity index (χ2v) is 17.8. The highest BCUT2D eigenvalue weighted by Gasteiger charge is 2.19. The van der Waals surface area contributed by atoms with Gasteiger partial charge in [-0.3, -0.25) is 0 Å². The van der Waals surface area contributed by atoms with Crippen molar-refractivity contribution in [2.75, 3.05) is 12.5 Å². The fourth-order valence-electron chi connectivity index (χ4n) is 0.673. The van der Waals surface area contributed by atoms with Crippen LogP contribution in [-0.4, -0.2) is 37.7 Å². The van der Waals surface area contributed by atoms with Crippen molar-refractivity contribution in [3.05, 3.63) is 0 Å². The molecule has 0 aliphatic carbocycles. The van der Waals surface area contributed by atoms with Crippen LogP contribution in [0.2, 0.25) is 39.3 Å². The van der Waals surface area contributed by atoms with Crippen molar-refractivity contribution < 1.29 is 18.4 Å². The molecule has 0 atom stereocenters. The first-order valence-electron chi connectivity index (χ1n) is 5.10. The van der Waals surface area contributed by atoms with Crippen LogP contribution in [0.4, 0.5) is 0 Å². The van der Waals surface area contributed by atoms with Crippen LogP contribution in [0, 0.1) is 0 Å².